The van der Waals surface area contributed by atoms with Crippen LogP contribution >= 0.6 is 11.3 Å². The molecule has 0 bridgehead atoms. The number of aryl methyl sites for hydroxylation is 2. The van der Waals surface area contributed by atoms with Crippen molar-refractivity contribution in [3.8, 4) is 0 Å². The van der Waals surface area contributed by atoms with Crippen molar-refractivity contribution in [2.75, 3.05) is 33.7 Å². The van der Waals surface area contributed by atoms with Crippen molar-refractivity contribution >= 4 is 23.2 Å². The van der Waals surface area contributed by atoms with E-state index in [9.17, 15) is 9.59 Å². The summed E-state index contributed by atoms with van der Waals surface area (Å²) in [6.07, 6.45) is 2.33. The molecule has 2 aromatic rings. The van der Waals surface area contributed by atoms with E-state index in [1.54, 1.807) is 24.3 Å². The molecule has 2 aromatic heterocycles. The molecule has 158 valence electrons. The third kappa shape index (κ3) is 5.63. The highest BCUT2D eigenvalue weighted by molar-refractivity contribution is 7.09. The second-order valence-electron chi connectivity index (χ2n) is 7.86. The van der Waals surface area contributed by atoms with Crippen molar-refractivity contribution in [3.05, 3.63) is 33.6 Å². The Hall–Kier alpha value is -2.26. The minimum atomic E-state index is -0.234. The number of likely N-dealkylation sites (tertiary alicyclic amines) is 1. The first-order chi connectivity index (χ1) is 13.8. The fourth-order valence-corrected chi connectivity index (χ4v) is 4.49. The van der Waals surface area contributed by atoms with Gasteiger partial charge < -0.3 is 19.6 Å². The highest BCUT2D eigenvalue weighted by Crippen LogP contribution is 2.19. The summed E-state index contributed by atoms with van der Waals surface area (Å²) >= 11 is 1.64. The number of nitrogens with one attached hydrogen (secondary N) is 1. The number of aromatic nitrogens is 2. The van der Waals surface area contributed by atoms with E-state index in [0.29, 0.717) is 31.1 Å². The molecular formula is C20H29N5O3S. The van der Waals surface area contributed by atoms with Crippen LogP contribution in [0, 0.1) is 19.8 Å². The zero-order valence-electron chi connectivity index (χ0n) is 17.5. The number of amides is 2. The number of hydrogen-bond acceptors (Lipinski definition) is 7. The summed E-state index contributed by atoms with van der Waals surface area (Å²) in [5.74, 6) is 0.472. The normalized spacial score (nSPS) is 20.3. The zero-order chi connectivity index (χ0) is 21.0. The zero-order valence-corrected chi connectivity index (χ0v) is 18.3. The molecule has 0 spiro atoms. The third-order valence-corrected chi connectivity index (χ3v) is 6.36. The molecule has 9 heteroatoms. The number of carbonyl (C=O) groups is 2. The SMILES string of the molecule is Cc1cc(C(=O)N[C@H]2CC[C@@H](C(=O)N(C)CCc3scnc3C)CN(C)C2)no1. The van der Waals surface area contributed by atoms with Gasteiger partial charge >= 0.3 is 0 Å². The lowest BCUT2D eigenvalue weighted by atomic mass is 10.00. The molecule has 0 saturated carbocycles. The molecule has 3 heterocycles. The second-order valence-corrected chi connectivity index (χ2v) is 8.80. The summed E-state index contributed by atoms with van der Waals surface area (Å²) in [6.45, 7) is 5.84. The Balaban J connectivity index is 1.53. The summed E-state index contributed by atoms with van der Waals surface area (Å²) in [5.41, 5.74) is 3.19. The maximum atomic E-state index is 13.0. The lowest BCUT2D eigenvalue weighted by Gasteiger charge is -2.25. The van der Waals surface area contributed by atoms with Gasteiger partial charge in [0.2, 0.25) is 5.91 Å². The van der Waals surface area contributed by atoms with Crippen LogP contribution in [0.5, 0.6) is 0 Å². The highest BCUT2D eigenvalue weighted by Gasteiger charge is 2.29. The van der Waals surface area contributed by atoms with Crippen molar-refractivity contribution in [2.45, 2.75) is 39.2 Å². The molecule has 2 amide bonds. The fraction of sp³-hybridized carbons (Fsp3) is 0.600. The molecule has 1 fully saturated rings. The van der Waals surface area contributed by atoms with E-state index in [4.69, 9.17) is 4.52 Å². The molecule has 29 heavy (non-hydrogen) atoms. The Morgan fingerprint density at radius 2 is 2.14 bits per heavy atom. The van der Waals surface area contributed by atoms with Gasteiger partial charge in [-0.3, -0.25) is 9.59 Å². The van der Waals surface area contributed by atoms with E-state index < -0.39 is 0 Å². The van der Waals surface area contributed by atoms with Gasteiger partial charge in [0.15, 0.2) is 5.69 Å². The molecule has 1 aliphatic heterocycles. The van der Waals surface area contributed by atoms with Gasteiger partial charge in [-0.05, 0) is 33.7 Å². The van der Waals surface area contributed by atoms with Crippen LogP contribution < -0.4 is 5.32 Å². The smallest absolute Gasteiger partial charge is 0.273 e. The predicted molar refractivity (Wildman–Crippen MR) is 111 cm³/mol. The van der Waals surface area contributed by atoms with Gasteiger partial charge in [0.1, 0.15) is 5.76 Å². The monoisotopic (exact) mass is 419 g/mol. The number of carbonyl (C=O) groups excluding carboxylic acids is 2. The van der Waals surface area contributed by atoms with Crippen molar-refractivity contribution in [2.24, 2.45) is 5.92 Å². The molecule has 8 nitrogen and oxygen atoms in total. The van der Waals surface area contributed by atoms with Crippen LogP contribution in [-0.2, 0) is 11.2 Å². The lowest BCUT2D eigenvalue weighted by molar-refractivity contribution is -0.134. The van der Waals surface area contributed by atoms with Crippen LogP contribution in [0.1, 0.15) is 39.7 Å². The van der Waals surface area contributed by atoms with E-state index >= 15 is 0 Å². The van der Waals surface area contributed by atoms with Crippen LogP contribution in [0.25, 0.3) is 0 Å². The Kier molecular flexibility index (Phi) is 7.02. The van der Waals surface area contributed by atoms with Crippen molar-refractivity contribution in [1.82, 2.24) is 25.3 Å². The first kappa shape index (κ1) is 21.4. The van der Waals surface area contributed by atoms with E-state index in [-0.39, 0.29) is 23.8 Å². The number of rotatable bonds is 6. The molecule has 0 aromatic carbocycles. The first-order valence-corrected chi connectivity index (χ1v) is 10.8. The molecule has 1 saturated heterocycles. The van der Waals surface area contributed by atoms with E-state index in [1.165, 1.54) is 4.88 Å². The molecule has 1 N–H and O–H groups in total. The van der Waals surface area contributed by atoms with E-state index in [1.807, 2.05) is 31.4 Å². The number of nitrogens with zero attached hydrogens (tertiary/aromatic N) is 4. The topological polar surface area (TPSA) is 91.6 Å². The largest absolute Gasteiger partial charge is 0.361 e. The fourth-order valence-electron chi connectivity index (χ4n) is 3.72. The van der Waals surface area contributed by atoms with Crippen LogP contribution in [0.15, 0.2) is 16.1 Å². The summed E-state index contributed by atoms with van der Waals surface area (Å²) in [6, 6.07) is 1.61. The second kappa shape index (κ2) is 9.49. The van der Waals surface area contributed by atoms with Crippen LogP contribution in [0.2, 0.25) is 0 Å². The molecular weight excluding hydrogens is 390 g/mol. The predicted octanol–water partition coefficient (Wildman–Crippen LogP) is 1.89. The minimum Gasteiger partial charge on any atom is -0.361 e. The maximum absolute atomic E-state index is 13.0. The van der Waals surface area contributed by atoms with Gasteiger partial charge in [-0.2, -0.15) is 0 Å². The van der Waals surface area contributed by atoms with Crippen molar-refractivity contribution in [3.63, 3.8) is 0 Å². The average molecular weight is 420 g/mol. The first-order valence-electron chi connectivity index (χ1n) is 9.90. The number of likely N-dealkylation sites (N-methyl/N-ethyl adjacent to an activating group) is 2. The Labute approximate surface area is 175 Å². The summed E-state index contributed by atoms with van der Waals surface area (Å²) < 4.78 is 4.98. The molecule has 2 atom stereocenters. The molecule has 0 aliphatic carbocycles. The minimum absolute atomic E-state index is 0.0209. The van der Waals surface area contributed by atoms with Gasteiger partial charge in [0.25, 0.3) is 5.91 Å². The average Bonchev–Trinajstić information content (AvgIpc) is 3.25. The van der Waals surface area contributed by atoms with Crippen LogP contribution in [0.4, 0.5) is 0 Å². The van der Waals surface area contributed by atoms with Crippen LogP contribution in [0.3, 0.4) is 0 Å². The molecule has 3 rings (SSSR count). The Morgan fingerprint density at radius 3 is 2.79 bits per heavy atom. The van der Waals surface area contributed by atoms with Gasteiger partial charge in [-0.15, -0.1) is 11.3 Å². The van der Waals surface area contributed by atoms with Crippen LogP contribution in [-0.4, -0.2) is 71.5 Å². The number of thiazole rings is 1. The number of hydrogen-bond donors (Lipinski definition) is 1. The van der Waals surface area contributed by atoms with E-state index in [0.717, 1.165) is 25.0 Å². The lowest BCUT2D eigenvalue weighted by Crippen LogP contribution is -2.42. The molecule has 1 aliphatic rings. The summed E-state index contributed by atoms with van der Waals surface area (Å²) in [4.78, 5) is 34.8. The Morgan fingerprint density at radius 1 is 1.34 bits per heavy atom. The Bertz CT molecular complexity index is 849. The summed E-state index contributed by atoms with van der Waals surface area (Å²) in [5, 5.41) is 6.80. The molecule has 0 unspecified atom stereocenters. The van der Waals surface area contributed by atoms with Gasteiger partial charge in [0.05, 0.1) is 17.1 Å². The van der Waals surface area contributed by atoms with Gasteiger partial charge in [-0.1, -0.05) is 5.16 Å². The quantitative estimate of drug-likeness (QED) is 0.769. The third-order valence-electron chi connectivity index (χ3n) is 5.37. The molecule has 0 radical (unpaired) electrons. The van der Waals surface area contributed by atoms with Crippen molar-refractivity contribution < 1.29 is 14.1 Å². The standard InChI is InChI=1S/C20H29N5O3S/c1-13-9-17(23-28-13)19(26)22-16-6-5-15(10-24(3)11-16)20(27)25(4)8-7-18-14(2)21-12-29-18/h9,12,15-16H,5-8,10-11H2,1-4H3,(H,22,26)/t15-,16+/m1/s1. The van der Waals surface area contributed by atoms with Crippen molar-refractivity contribution in [1.29, 1.82) is 0 Å². The van der Waals surface area contributed by atoms with Gasteiger partial charge in [-0.25, -0.2) is 4.98 Å². The highest BCUT2D eigenvalue weighted by atomic mass is 32.1. The maximum Gasteiger partial charge on any atom is 0.273 e. The summed E-state index contributed by atoms with van der Waals surface area (Å²) in [7, 11) is 3.86. The van der Waals surface area contributed by atoms with Gasteiger partial charge in [0, 0.05) is 50.1 Å². The van der Waals surface area contributed by atoms with E-state index in [2.05, 4.69) is 20.4 Å².